The predicted octanol–water partition coefficient (Wildman–Crippen LogP) is 1.92. The van der Waals surface area contributed by atoms with Crippen molar-refractivity contribution in [3.05, 3.63) is 0 Å². The Morgan fingerprint density at radius 3 is 2.44 bits per heavy atom. The Hall–Kier alpha value is 0.650. The lowest BCUT2D eigenvalue weighted by molar-refractivity contribution is -0.0643. The molecule has 0 aliphatic carbocycles. The third kappa shape index (κ3) is 2.05. The lowest BCUT2D eigenvalue weighted by atomic mass is 10.3. The van der Waals surface area contributed by atoms with Crippen LogP contribution in [-0.2, 0) is 9.47 Å². The monoisotopic (exact) mass is 242 g/mol. The van der Waals surface area contributed by atoms with Crippen molar-refractivity contribution in [1.82, 2.24) is 0 Å². The van der Waals surface area contributed by atoms with Crippen LogP contribution in [0.25, 0.3) is 0 Å². The maximum Gasteiger partial charge on any atom is 0.221 e. The van der Waals surface area contributed by atoms with Crippen LogP contribution in [0, 0.1) is 0 Å². The van der Waals surface area contributed by atoms with Crippen molar-refractivity contribution in [2.45, 2.75) is 23.6 Å². The summed E-state index contributed by atoms with van der Waals surface area (Å²) in [5.41, 5.74) is 0. The Bertz CT molecular complexity index is 89.1. The number of rotatable bonds is 2. The highest BCUT2D eigenvalue weighted by molar-refractivity contribution is 14.1. The van der Waals surface area contributed by atoms with Crippen LogP contribution in [0.5, 0.6) is 0 Å². The van der Waals surface area contributed by atoms with Crippen LogP contribution in [0.15, 0.2) is 0 Å². The third-order valence-electron chi connectivity index (χ3n) is 1.27. The van der Waals surface area contributed by atoms with Crippen LogP contribution in [-0.4, -0.2) is 17.0 Å². The first-order chi connectivity index (χ1) is 4.27. The van der Waals surface area contributed by atoms with Gasteiger partial charge >= 0.3 is 0 Å². The van der Waals surface area contributed by atoms with E-state index in [2.05, 4.69) is 29.5 Å². The molecule has 1 rings (SSSR count). The molecule has 0 amide bonds. The maximum atomic E-state index is 5.35. The molecule has 0 aromatic rings. The fraction of sp³-hybridized carbons (Fsp3) is 1.00. The Kier molecular flexibility index (Phi) is 2.73. The zero-order valence-corrected chi connectivity index (χ0v) is 7.68. The van der Waals surface area contributed by atoms with Crippen molar-refractivity contribution in [3.8, 4) is 0 Å². The van der Waals surface area contributed by atoms with Gasteiger partial charge in [-0.15, -0.1) is 0 Å². The highest BCUT2D eigenvalue weighted by Crippen LogP contribution is 2.31. The second kappa shape index (κ2) is 3.16. The van der Waals surface area contributed by atoms with Crippen LogP contribution >= 0.6 is 22.6 Å². The minimum Gasteiger partial charge on any atom is -0.339 e. The average Bonchev–Trinajstić information content (AvgIpc) is 2.16. The molecule has 3 heteroatoms. The van der Waals surface area contributed by atoms with Gasteiger partial charge in [0.2, 0.25) is 3.79 Å². The van der Waals surface area contributed by atoms with E-state index in [1.54, 1.807) is 0 Å². The normalized spacial score (nSPS) is 24.7. The summed E-state index contributed by atoms with van der Waals surface area (Å²) < 4.78 is 10.4. The molecule has 0 N–H and O–H groups in total. The van der Waals surface area contributed by atoms with E-state index in [1.807, 2.05) is 0 Å². The van der Waals surface area contributed by atoms with E-state index in [0.29, 0.717) is 0 Å². The molecule has 0 spiro atoms. The van der Waals surface area contributed by atoms with Gasteiger partial charge in [-0.25, -0.2) is 0 Å². The molecule has 2 nitrogen and oxygen atoms in total. The molecule has 0 aromatic heterocycles. The van der Waals surface area contributed by atoms with Gasteiger partial charge < -0.3 is 9.47 Å². The van der Waals surface area contributed by atoms with E-state index in [0.717, 1.165) is 26.1 Å². The second-order valence-corrected chi connectivity index (χ2v) is 3.75. The number of alkyl halides is 1. The van der Waals surface area contributed by atoms with E-state index in [4.69, 9.17) is 9.47 Å². The zero-order chi connectivity index (χ0) is 6.74. The highest BCUT2D eigenvalue weighted by Gasteiger charge is 2.31. The molecule has 0 unspecified atom stereocenters. The first-order valence-corrected chi connectivity index (χ1v) is 4.31. The van der Waals surface area contributed by atoms with Gasteiger partial charge in [-0.05, 0) is 22.6 Å². The molecule has 0 bridgehead atoms. The number of hydrogen-bond donors (Lipinski definition) is 0. The standard InChI is InChI=1S/C6H11IO2/c1-2-3-6(7)8-4-5-9-6/h2-5H2,1H3. The molecule has 0 aromatic carbocycles. The van der Waals surface area contributed by atoms with Crippen molar-refractivity contribution in [1.29, 1.82) is 0 Å². The van der Waals surface area contributed by atoms with Gasteiger partial charge in [0.25, 0.3) is 0 Å². The first kappa shape index (κ1) is 7.75. The molecule has 1 aliphatic heterocycles. The van der Waals surface area contributed by atoms with Crippen molar-refractivity contribution >= 4 is 22.6 Å². The first-order valence-electron chi connectivity index (χ1n) is 3.24. The molecule has 54 valence electrons. The van der Waals surface area contributed by atoms with Gasteiger partial charge in [0.05, 0.1) is 13.2 Å². The van der Waals surface area contributed by atoms with Crippen LogP contribution in [0.1, 0.15) is 19.8 Å². The minimum atomic E-state index is -0.285. The quantitative estimate of drug-likeness (QED) is 0.544. The van der Waals surface area contributed by atoms with Gasteiger partial charge in [0.15, 0.2) is 0 Å². The van der Waals surface area contributed by atoms with E-state index in [1.165, 1.54) is 0 Å². The van der Waals surface area contributed by atoms with Gasteiger partial charge in [-0.1, -0.05) is 13.3 Å². The Morgan fingerprint density at radius 2 is 2.00 bits per heavy atom. The molecular formula is C6H11IO2. The van der Waals surface area contributed by atoms with E-state index >= 15 is 0 Å². The largest absolute Gasteiger partial charge is 0.339 e. The number of ether oxygens (including phenoxy) is 2. The number of hydrogen-bond acceptors (Lipinski definition) is 2. The SMILES string of the molecule is CCCC1(I)OCCO1. The summed E-state index contributed by atoms with van der Waals surface area (Å²) in [6.07, 6.45) is 2.11. The summed E-state index contributed by atoms with van der Waals surface area (Å²) in [6.45, 7) is 3.64. The molecule has 1 aliphatic rings. The maximum absolute atomic E-state index is 5.35. The van der Waals surface area contributed by atoms with Crippen LogP contribution < -0.4 is 0 Å². The van der Waals surface area contributed by atoms with Crippen LogP contribution in [0.3, 0.4) is 0 Å². The van der Waals surface area contributed by atoms with E-state index in [9.17, 15) is 0 Å². The van der Waals surface area contributed by atoms with Gasteiger partial charge in [-0.3, -0.25) is 0 Å². The lowest BCUT2D eigenvalue weighted by Gasteiger charge is -2.18. The predicted molar refractivity (Wildman–Crippen MR) is 43.6 cm³/mol. The molecule has 0 atom stereocenters. The van der Waals surface area contributed by atoms with Gasteiger partial charge in [0.1, 0.15) is 0 Å². The summed E-state index contributed by atoms with van der Waals surface area (Å²) in [5, 5.41) is 0. The minimum absolute atomic E-state index is 0.285. The van der Waals surface area contributed by atoms with Gasteiger partial charge in [0, 0.05) is 6.42 Å². The Labute approximate surface area is 69.0 Å². The third-order valence-corrected chi connectivity index (χ3v) is 2.43. The molecule has 1 saturated heterocycles. The van der Waals surface area contributed by atoms with Crippen molar-refractivity contribution < 1.29 is 9.47 Å². The summed E-state index contributed by atoms with van der Waals surface area (Å²) in [5.74, 6) is 0. The Morgan fingerprint density at radius 1 is 1.44 bits per heavy atom. The molecule has 1 fully saturated rings. The summed E-state index contributed by atoms with van der Waals surface area (Å²) in [4.78, 5) is 0. The summed E-state index contributed by atoms with van der Waals surface area (Å²) in [7, 11) is 0. The van der Waals surface area contributed by atoms with E-state index < -0.39 is 0 Å². The summed E-state index contributed by atoms with van der Waals surface area (Å²) >= 11 is 2.22. The van der Waals surface area contributed by atoms with Crippen molar-refractivity contribution in [2.75, 3.05) is 13.2 Å². The van der Waals surface area contributed by atoms with Crippen LogP contribution in [0.2, 0.25) is 0 Å². The molecule has 1 heterocycles. The summed E-state index contributed by atoms with van der Waals surface area (Å²) in [6, 6.07) is 0. The smallest absolute Gasteiger partial charge is 0.221 e. The molecular weight excluding hydrogens is 231 g/mol. The highest BCUT2D eigenvalue weighted by atomic mass is 127. The topological polar surface area (TPSA) is 18.5 Å². The fourth-order valence-corrected chi connectivity index (χ4v) is 1.85. The van der Waals surface area contributed by atoms with Crippen molar-refractivity contribution in [2.24, 2.45) is 0 Å². The molecule has 0 radical (unpaired) electrons. The Balaban J connectivity index is 2.32. The van der Waals surface area contributed by atoms with Crippen molar-refractivity contribution in [3.63, 3.8) is 0 Å². The van der Waals surface area contributed by atoms with Crippen LogP contribution in [0.4, 0.5) is 0 Å². The molecule has 9 heavy (non-hydrogen) atoms. The van der Waals surface area contributed by atoms with Gasteiger partial charge in [-0.2, -0.15) is 0 Å². The molecule has 0 saturated carbocycles. The second-order valence-electron chi connectivity index (χ2n) is 2.11. The lowest BCUT2D eigenvalue weighted by Crippen LogP contribution is -2.19. The average molecular weight is 242 g/mol. The number of halogens is 1. The fourth-order valence-electron chi connectivity index (χ4n) is 0.873. The zero-order valence-electron chi connectivity index (χ0n) is 5.52. The van der Waals surface area contributed by atoms with E-state index in [-0.39, 0.29) is 3.79 Å².